The Hall–Kier alpha value is -2.42. The quantitative estimate of drug-likeness (QED) is 0.571. The second-order valence-electron chi connectivity index (χ2n) is 8.35. The Morgan fingerprint density at radius 2 is 2.00 bits per heavy atom. The fourth-order valence-corrected chi connectivity index (χ4v) is 5.69. The molecule has 2 aliphatic rings. The first kappa shape index (κ1) is 19.5. The molecule has 1 aromatic heterocycles. The van der Waals surface area contributed by atoms with Gasteiger partial charge >= 0.3 is 0 Å². The van der Waals surface area contributed by atoms with Crippen molar-refractivity contribution in [3.63, 3.8) is 0 Å². The first-order valence-electron chi connectivity index (χ1n) is 9.62. The molecule has 4 atom stereocenters. The summed E-state index contributed by atoms with van der Waals surface area (Å²) in [5.41, 5.74) is 0.840. The molecule has 30 heavy (non-hydrogen) atoms. The molecule has 1 amide bonds. The Kier molecular flexibility index (Phi) is 4.26. The predicted molar refractivity (Wildman–Crippen MR) is 112 cm³/mol. The van der Waals surface area contributed by atoms with E-state index < -0.39 is 15.4 Å². The minimum Gasteiger partial charge on any atom is -0.385 e. The van der Waals surface area contributed by atoms with Crippen LogP contribution in [0.1, 0.15) is 28.8 Å². The van der Waals surface area contributed by atoms with Gasteiger partial charge in [0.2, 0.25) is 0 Å². The fraction of sp³-hybridized carbons (Fsp3) is 0.333. The number of benzene rings is 2. The number of rotatable bonds is 4. The van der Waals surface area contributed by atoms with Gasteiger partial charge in [-0.05, 0) is 60.6 Å². The number of H-pyrrole nitrogens is 1. The van der Waals surface area contributed by atoms with Crippen LogP contribution >= 0.6 is 11.6 Å². The lowest BCUT2D eigenvalue weighted by Crippen LogP contribution is -2.33. The SMILES string of the molecule is CS(=O)(=O)c1cccc(C(=O)N[C@H]2[C@@H]3C[C@](O)(c4cc(Cl)cc5[nH]ncc45)C[C@@H]32)c1. The normalized spacial score (nSPS) is 27.8. The van der Waals surface area contributed by atoms with Crippen LogP contribution in [0, 0.1) is 11.8 Å². The molecule has 2 saturated carbocycles. The summed E-state index contributed by atoms with van der Waals surface area (Å²) in [5, 5.41) is 22.6. The van der Waals surface area contributed by atoms with E-state index in [2.05, 4.69) is 15.5 Å². The molecule has 7 nitrogen and oxygen atoms in total. The zero-order valence-electron chi connectivity index (χ0n) is 16.1. The monoisotopic (exact) mass is 445 g/mol. The third kappa shape index (κ3) is 3.19. The number of hydrogen-bond acceptors (Lipinski definition) is 5. The van der Waals surface area contributed by atoms with Crippen molar-refractivity contribution in [3.8, 4) is 0 Å². The van der Waals surface area contributed by atoms with E-state index in [0.717, 1.165) is 22.7 Å². The number of hydrogen-bond donors (Lipinski definition) is 3. The molecule has 2 aromatic carbocycles. The number of carbonyl (C=O) groups excluding carboxylic acids is 1. The summed E-state index contributed by atoms with van der Waals surface area (Å²) in [6, 6.07) is 9.56. The largest absolute Gasteiger partial charge is 0.385 e. The molecule has 0 unspecified atom stereocenters. The van der Waals surface area contributed by atoms with Crippen LogP contribution in [0.25, 0.3) is 10.9 Å². The lowest BCUT2D eigenvalue weighted by molar-refractivity contribution is 0.0293. The Bertz CT molecular complexity index is 1270. The number of fused-ring (bicyclic) bond motifs is 2. The van der Waals surface area contributed by atoms with Crippen molar-refractivity contribution in [3.05, 3.63) is 58.7 Å². The molecule has 0 radical (unpaired) electrons. The number of nitrogens with one attached hydrogen (secondary N) is 2. The van der Waals surface area contributed by atoms with Gasteiger partial charge in [0.05, 0.1) is 22.2 Å². The van der Waals surface area contributed by atoms with Gasteiger partial charge in [-0.15, -0.1) is 0 Å². The zero-order chi connectivity index (χ0) is 21.3. The molecule has 5 rings (SSSR count). The topological polar surface area (TPSA) is 112 Å². The van der Waals surface area contributed by atoms with E-state index in [1.54, 1.807) is 30.5 Å². The van der Waals surface area contributed by atoms with Gasteiger partial charge in [-0.3, -0.25) is 9.89 Å². The van der Waals surface area contributed by atoms with Crippen molar-refractivity contribution >= 4 is 38.2 Å². The maximum atomic E-state index is 12.6. The Morgan fingerprint density at radius 1 is 1.27 bits per heavy atom. The van der Waals surface area contributed by atoms with Crippen molar-refractivity contribution in [2.75, 3.05) is 6.26 Å². The van der Waals surface area contributed by atoms with Crippen LogP contribution in [0.4, 0.5) is 0 Å². The number of aromatic amines is 1. The minimum absolute atomic E-state index is 0.0290. The van der Waals surface area contributed by atoms with Crippen molar-refractivity contribution in [2.24, 2.45) is 11.8 Å². The number of nitrogens with zero attached hydrogens (tertiary/aromatic N) is 1. The van der Waals surface area contributed by atoms with Crippen LogP contribution in [0.15, 0.2) is 47.5 Å². The molecule has 3 N–H and O–H groups in total. The molecule has 2 fully saturated rings. The summed E-state index contributed by atoms with van der Waals surface area (Å²) in [6.07, 6.45) is 3.85. The highest BCUT2D eigenvalue weighted by Gasteiger charge is 2.62. The van der Waals surface area contributed by atoms with Crippen molar-refractivity contribution < 1.29 is 18.3 Å². The van der Waals surface area contributed by atoms with Gasteiger partial charge in [0.15, 0.2) is 9.84 Å². The maximum absolute atomic E-state index is 12.6. The zero-order valence-corrected chi connectivity index (χ0v) is 17.7. The lowest BCUT2D eigenvalue weighted by atomic mass is 9.86. The summed E-state index contributed by atoms with van der Waals surface area (Å²) >= 11 is 6.22. The summed E-state index contributed by atoms with van der Waals surface area (Å²) in [7, 11) is -3.38. The first-order chi connectivity index (χ1) is 14.2. The van der Waals surface area contributed by atoms with E-state index in [1.807, 2.05) is 0 Å². The van der Waals surface area contributed by atoms with Gasteiger partial charge in [-0.25, -0.2) is 8.42 Å². The van der Waals surface area contributed by atoms with E-state index in [-0.39, 0.29) is 28.7 Å². The van der Waals surface area contributed by atoms with Gasteiger partial charge in [0.1, 0.15) is 0 Å². The molecule has 3 aromatic rings. The van der Waals surface area contributed by atoms with Crippen molar-refractivity contribution in [1.29, 1.82) is 0 Å². The summed E-state index contributed by atoms with van der Waals surface area (Å²) in [5.74, 6) is 0.0272. The highest BCUT2D eigenvalue weighted by Crippen LogP contribution is 2.60. The van der Waals surface area contributed by atoms with Gasteiger partial charge in [-0.2, -0.15) is 5.10 Å². The summed E-state index contributed by atoms with van der Waals surface area (Å²) in [6.45, 7) is 0. The molecule has 0 saturated heterocycles. The molecule has 9 heteroatoms. The van der Waals surface area contributed by atoms with Gasteiger partial charge in [0, 0.05) is 28.3 Å². The van der Waals surface area contributed by atoms with E-state index in [4.69, 9.17) is 11.6 Å². The van der Waals surface area contributed by atoms with Gasteiger partial charge in [-0.1, -0.05) is 17.7 Å². The summed E-state index contributed by atoms with van der Waals surface area (Å²) < 4.78 is 23.5. The molecular formula is C21H20ClN3O4S. The second-order valence-corrected chi connectivity index (χ2v) is 10.8. The first-order valence-corrected chi connectivity index (χ1v) is 11.9. The Morgan fingerprint density at radius 3 is 2.70 bits per heavy atom. The standard InChI is InChI=1S/C21H20ClN3O4S/c1-30(28,29)13-4-2-3-11(5-13)20(26)24-19-14-8-21(27,9-15(14)19)17-6-12(22)7-18-16(17)10-23-25-18/h2-7,10,14-15,19,27H,8-9H2,1H3,(H,23,25)(H,24,26)/t14-,15+,19+,21-. The molecule has 0 spiro atoms. The molecule has 1 heterocycles. The average molecular weight is 446 g/mol. The molecular weight excluding hydrogens is 426 g/mol. The van der Waals surface area contributed by atoms with Crippen molar-refractivity contribution in [1.82, 2.24) is 15.5 Å². The lowest BCUT2D eigenvalue weighted by Gasteiger charge is -2.27. The molecule has 2 aliphatic carbocycles. The average Bonchev–Trinajstić information content (AvgIpc) is 3.03. The number of amides is 1. The number of aromatic nitrogens is 2. The Labute approximate surface area is 178 Å². The van der Waals surface area contributed by atoms with Crippen LogP contribution in [-0.4, -0.2) is 41.9 Å². The number of sulfone groups is 1. The van der Waals surface area contributed by atoms with Gasteiger partial charge < -0.3 is 10.4 Å². The van der Waals surface area contributed by atoms with Gasteiger partial charge in [0.25, 0.3) is 5.91 Å². The number of carbonyl (C=O) groups is 1. The summed E-state index contributed by atoms with van der Waals surface area (Å²) in [4.78, 5) is 12.7. The highest BCUT2D eigenvalue weighted by molar-refractivity contribution is 7.90. The van der Waals surface area contributed by atoms with E-state index in [0.29, 0.717) is 23.4 Å². The third-order valence-corrected chi connectivity index (χ3v) is 7.65. The van der Waals surface area contributed by atoms with Crippen LogP contribution in [0.5, 0.6) is 0 Å². The van der Waals surface area contributed by atoms with E-state index in [9.17, 15) is 18.3 Å². The van der Waals surface area contributed by atoms with Crippen LogP contribution < -0.4 is 5.32 Å². The van der Waals surface area contributed by atoms with Crippen LogP contribution in [-0.2, 0) is 15.4 Å². The van der Waals surface area contributed by atoms with Crippen molar-refractivity contribution in [2.45, 2.75) is 29.4 Å². The van der Waals surface area contributed by atoms with E-state index in [1.165, 1.54) is 12.1 Å². The smallest absolute Gasteiger partial charge is 0.251 e. The molecule has 0 bridgehead atoms. The fourth-order valence-electron chi connectivity index (χ4n) is 4.80. The number of aliphatic hydroxyl groups is 1. The molecule has 156 valence electrons. The third-order valence-electron chi connectivity index (χ3n) is 6.33. The maximum Gasteiger partial charge on any atom is 0.251 e. The van der Waals surface area contributed by atoms with E-state index >= 15 is 0 Å². The minimum atomic E-state index is -3.38. The second kappa shape index (κ2) is 6.54. The Balaban J connectivity index is 1.31. The van der Waals surface area contributed by atoms with Crippen LogP contribution in [0.3, 0.4) is 0 Å². The van der Waals surface area contributed by atoms with Crippen LogP contribution in [0.2, 0.25) is 5.02 Å². The highest BCUT2D eigenvalue weighted by atomic mass is 35.5. The predicted octanol–water partition coefficient (Wildman–Crippen LogP) is 2.65. The number of halogens is 1. The molecule has 0 aliphatic heterocycles.